The normalized spacial score (nSPS) is 13.7. The Morgan fingerprint density at radius 2 is 2.00 bits per heavy atom. The van der Waals surface area contributed by atoms with Crippen LogP contribution in [0, 0.1) is 0 Å². The molecular formula is C13H17Cl2N3O. The third-order valence-corrected chi connectivity index (χ3v) is 3.34. The molecule has 1 heterocycles. The molecule has 0 saturated carbocycles. The van der Waals surface area contributed by atoms with E-state index in [9.17, 15) is 0 Å². The van der Waals surface area contributed by atoms with E-state index in [2.05, 4.69) is 10.1 Å². The van der Waals surface area contributed by atoms with E-state index in [0.29, 0.717) is 23.2 Å². The van der Waals surface area contributed by atoms with Gasteiger partial charge in [-0.25, -0.2) is 0 Å². The molecule has 2 aromatic rings. The minimum absolute atomic E-state index is 0. The van der Waals surface area contributed by atoms with Crippen molar-refractivity contribution in [1.82, 2.24) is 10.1 Å². The summed E-state index contributed by atoms with van der Waals surface area (Å²) in [5.74, 6) is 1.26. The zero-order chi connectivity index (χ0) is 13.1. The molecular weight excluding hydrogens is 285 g/mol. The van der Waals surface area contributed by atoms with Crippen LogP contribution in [0.1, 0.15) is 37.0 Å². The first kappa shape index (κ1) is 16.0. The fourth-order valence-corrected chi connectivity index (χ4v) is 1.76. The lowest BCUT2D eigenvalue weighted by atomic mass is 10.1. The van der Waals surface area contributed by atoms with Gasteiger partial charge in [0.05, 0.1) is 5.92 Å². The van der Waals surface area contributed by atoms with E-state index in [4.69, 9.17) is 21.9 Å². The molecule has 0 saturated heterocycles. The highest BCUT2D eigenvalue weighted by Crippen LogP contribution is 2.20. The maximum absolute atomic E-state index is 6.09. The molecule has 2 N–H and O–H groups in total. The van der Waals surface area contributed by atoms with E-state index in [1.165, 1.54) is 0 Å². The van der Waals surface area contributed by atoms with E-state index in [0.717, 1.165) is 5.56 Å². The molecule has 4 nitrogen and oxygen atoms in total. The lowest BCUT2D eigenvalue weighted by Crippen LogP contribution is -2.22. The highest BCUT2D eigenvalue weighted by atomic mass is 35.5. The van der Waals surface area contributed by atoms with E-state index >= 15 is 0 Å². The van der Waals surface area contributed by atoms with E-state index < -0.39 is 0 Å². The molecule has 104 valence electrons. The number of nitrogens with zero attached hydrogens (tertiary/aromatic N) is 2. The first-order valence-electron chi connectivity index (χ1n) is 5.89. The summed E-state index contributed by atoms with van der Waals surface area (Å²) >= 11 is 6.09. The van der Waals surface area contributed by atoms with Gasteiger partial charge in [-0.1, -0.05) is 41.9 Å². The van der Waals surface area contributed by atoms with Crippen LogP contribution in [0.15, 0.2) is 28.8 Å². The van der Waals surface area contributed by atoms with Gasteiger partial charge in [-0.2, -0.15) is 4.98 Å². The Labute approximate surface area is 123 Å². The van der Waals surface area contributed by atoms with Crippen LogP contribution in [0.25, 0.3) is 0 Å². The van der Waals surface area contributed by atoms with Crippen molar-refractivity contribution in [3.8, 4) is 0 Å². The van der Waals surface area contributed by atoms with Crippen molar-refractivity contribution in [2.75, 3.05) is 0 Å². The van der Waals surface area contributed by atoms with Crippen molar-refractivity contribution >= 4 is 24.0 Å². The molecule has 1 aromatic heterocycles. The largest absolute Gasteiger partial charge is 0.339 e. The Hall–Kier alpha value is -1.10. The average Bonchev–Trinajstić information content (AvgIpc) is 2.79. The van der Waals surface area contributed by atoms with Crippen molar-refractivity contribution in [3.05, 3.63) is 46.6 Å². The fraction of sp³-hybridized carbons (Fsp3) is 0.385. The SMILES string of the molecule is CC(N)C(C)c1nc(Cc2ccccc2Cl)no1.Cl. The Kier molecular flexibility index (Phi) is 5.79. The number of halogens is 2. The number of rotatable bonds is 4. The van der Waals surface area contributed by atoms with E-state index in [-0.39, 0.29) is 24.4 Å². The zero-order valence-electron chi connectivity index (χ0n) is 10.8. The first-order valence-corrected chi connectivity index (χ1v) is 6.27. The van der Waals surface area contributed by atoms with Crippen LogP contribution in [0.2, 0.25) is 5.02 Å². The average molecular weight is 302 g/mol. The summed E-state index contributed by atoms with van der Waals surface area (Å²) in [6.07, 6.45) is 0.564. The highest BCUT2D eigenvalue weighted by molar-refractivity contribution is 6.31. The van der Waals surface area contributed by atoms with Gasteiger partial charge in [0.15, 0.2) is 5.82 Å². The van der Waals surface area contributed by atoms with Crippen LogP contribution >= 0.6 is 24.0 Å². The topological polar surface area (TPSA) is 64.9 Å². The molecule has 0 fully saturated rings. The standard InChI is InChI=1S/C13H16ClN3O.ClH/c1-8(9(2)15)13-16-12(17-18-13)7-10-5-3-4-6-11(10)14;/h3-6,8-9H,7,15H2,1-2H3;1H. The molecule has 6 heteroatoms. The van der Waals surface area contributed by atoms with Crippen LogP contribution in [-0.2, 0) is 6.42 Å². The number of hydrogen-bond acceptors (Lipinski definition) is 4. The molecule has 2 rings (SSSR count). The molecule has 0 radical (unpaired) electrons. The monoisotopic (exact) mass is 301 g/mol. The van der Waals surface area contributed by atoms with Gasteiger partial charge in [-0.15, -0.1) is 12.4 Å². The van der Waals surface area contributed by atoms with Crippen molar-refractivity contribution in [1.29, 1.82) is 0 Å². The molecule has 0 aliphatic carbocycles. The van der Waals surface area contributed by atoms with Crippen LogP contribution in [-0.4, -0.2) is 16.2 Å². The van der Waals surface area contributed by atoms with Crippen LogP contribution in [0.3, 0.4) is 0 Å². The maximum atomic E-state index is 6.09. The summed E-state index contributed by atoms with van der Waals surface area (Å²) in [5, 5.41) is 4.67. The fourth-order valence-electron chi connectivity index (χ4n) is 1.56. The molecule has 2 atom stereocenters. The van der Waals surface area contributed by atoms with Crippen molar-refractivity contribution < 1.29 is 4.52 Å². The van der Waals surface area contributed by atoms with Crippen LogP contribution in [0.5, 0.6) is 0 Å². The summed E-state index contributed by atoms with van der Waals surface area (Å²) in [5.41, 5.74) is 6.79. The van der Waals surface area contributed by atoms with Gasteiger partial charge >= 0.3 is 0 Å². The Morgan fingerprint density at radius 3 is 2.63 bits per heavy atom. The first-order chi connectivity index (χ1) is 8.58. The summed E-state index contributed by atoms with van der Waals surface area (Å²) in [7, 11) is 0. The number of hydrogen-bond donors (Lipinski definition) is 1. The zero-order valence-corrected chi connectivity index (χ0v) is 12.4. The highest BCUT2D eigenvalue weighted by Gasteiger charge is 2.18. The van der Waals surface area contributed by atoms with Gasteiger partial charge in [0, 0.05) is 17.5 Å². The van der Waals surface area contributed by atoms with E-state index in [1.807, 2.05) is 38.1 Å². The number of aromatic nitrogens is 2. The predicted molar refractivity (Wildman–Crippen MR) is 77.9 cm³/mol. The second-order valence-electron chi connectivity index (χ2n) is 4.46. The Bertz CT molecular complexity index is 528. The molecule has 19 heavy (non-hydrogen) atoms. The smallest absolute Gasteiger partial charge is 0.231 e. The van der Waals surface area contributed by atoms with Crippen LogP contribution in [0.4, 0.5) is 0 Å². The molecule has 0 aliphatic rings. The quantitative estimate of drug-likeness (QED) is 0.942. The lowest BCUT2D eigenvalue weighted by molar-refractivity contribution is 0.343. The van der Waals surface area contributed by atoms with Gasteiger partial charge in [-0.3, -0.25) is 0 Å². The summed E-state index contributed by atoms with van der Waals surface area (Å²) in [6, 6.07) is 7.62. The summed E-state index contributed by atoms with van der Waals surface area (Å²) in [4.78, 5) is 4.35. The van der Waals surface area contributed by atoms with Crippen molar-refractivity contribution in [2.24, 2.45) is 5.73 Å². The van der Waals surface area contributed by atoms with Crippen LogP contribution < -0.4 is 5.73 Å². The summed E-state index contributed by atoms with van der Waals surface area (Å²) < 4.78 is 5.22. The third-order valence-electron chi connectivity index (χ3n) is 2.97. The molecule has 1 aromatic carbocycles. The van der Waals surface area contributed by atoms with E-state index in [1.54, 1.807) is 0 Å². The maximum Gasteiger partial charge on any atom is 0.231 e. The van der Waals surface area contributed by atoms with Crippen molar-refractivity contribution in [2.45, 2.75) is 32.2 Å². The summed E-state index contributed by atoms with van der Waals surface area (Å²) in [6.45, 7) is 3.89. The molecule has 0 amide bonds. The number of benzene rings is 1. The third kappa shape index (κ3) is 3.93. The molecule has 0 bridgehead atoms. The Morgan fingerprint density at radius 1 is 1.32 bits per heavy atom. The van der Waals surface area contributed by atoms with Gasteiger partial charge in [0.1, 0.15) is 0 Å². The number of nitrogens with two attached hydrogens (primary N) is 1. The van der Waals surface area contributed by atoms with Gasteiger partial charge in [0.25, 0.3) is 0 Å². The molecule has 0 aliphatic heterocycles. The second-order valence-corrected chi connectivity index (χ2v) is 4.87. The Balaban J connectivity index is 0.00000180. The minimum Gasteiger partial charge on any atom is -0.339 e. The lowest BCUT2D eigenvalue weighted by Gasteiger charge is -2.09. The van der Waals surface area contributed by atoms with Gasteiger partial charge in [0.2, 0.25) is 5.89 Å². The van der Waals surface area contributed by atoms with Gasteiger partial charge < -0.3 is 10.3 Å². The van der Waals surface area contributed by atoms with Crippen molar-refractivity contribution in [3.63, 3.8) is 0 Å². The molecule has 2 unspecified atom stereocenters. The molecule has 0 spiro atoms. The predicted octanol–water partition coefficient (Wildman–Crippen LogP) is 3.19. The van der Waals surface area contributed by atoms with Gasteiger partial charge in [-0.05, 0) is 18.6 Å². The minimum atomic E-state index is -0.0152. The second kappa shape index (κ2) is 6.89.